The van der Waals surface area contributed by atoms with E-state index in [9.17, 15) is 0 Å². The number of pyridine rings is 1. The van der Waals surface area contributed by atoms with Crippen molar-refractivity contribution in [1.82, 2.24) is 4.98 Å². The minimum atomic E-state index is 0.181. The van der Waals surface area contributed by atoms with E-state index in [1.807, 2.05) is 12.1 Å². The Labute approximate surface area is 125 Å². The highest BCUT2D eigenvalue weighted by molar-refractivity contribution is 6.16. The normalized spacial score (nSPS) is 11.4. The van der Waals surface area contributed by atoms with Crippen molar-refractivity contribution in [2.24, 2.45) is 0 Å². The second-order valence-electron chi connectivity index (χ2n) is 5.85. The van der Waals surface area contributed by atoms with Gasteiger partial charge in [0.05, 0.1) is 17.8 Å². The maximum Gasteiger partial charge on any atom is 0.138 e. The number of nitrogens with zero attached hydrogens (tertiary/aromatic N) is 1. The second-order valence-corrected chi connectivity index (χ2v) is 6.12. The van der Waals surface area contributed by atoms with Gasteiger partial charge in [-0.1, -0.05) is 45.0 Å². The molecule has 1 aromatic carbocycles. The van der Waals surface area contributed by atoms with Gasteiger partial charge in [0, 0.05) is 0 Å². The van der Waals surface area contributed by atoms with Gasteiger partial charge >= 0.3 is 0 Å². The number of benzene rings is 1. The summed E-state index contributed by atoms with van der Waals surface area (Å²) in [5.74, 6) is 1.19. The Balaban J connectivity index is 1.96. The summed E-state index contributed by atoms with van der Waals surface area (Å²) < 4.78 is 5.71. The molecular formula is C17H20ClNO. The highest BCUT2D eigenvalue weighted by atomic mass is 35.5. The van der Waals surface area contributed by atoms with Crippen molar-refractivity contribution >= 4 is 11.6 Å². The first-order chi connectivity index (χ1) is 9.49. The van der Waals surface area contributed by atoms with Crippen LogP contribution in [0.15, 0.2) is 42.6 Å². The molecule has 0 amide bonds. The molecule has 3 heteroatoms. The molecule has 0 aliphatic rings. The fourth-order valence-corrected chi connectivity index (χ4v) is 2.00. The van der Waals surface area contributed by atoms with Crippen LogP contribution in [0.5, 0.6) is 5.75 Å². The lowest BCUT2D eigenvalue weighted by Crippen LogP contribution is -2.10. The smallest absolute Gasteiger partial charge is 0.138 e. The minimum absolute atomic E-state index is 0.181. The number of halogens is 1. The number of ether oxygens (including phenoxy) is 1. The number of hydrogen-bond acceptors (Lipinski definition) is 2. The van der Waals surface area contributed by atoms with Crippen molar-refractivity contribution in [2.75, 3.05) is 0 Å². The SMILES string of the molecule is CC(C)(C)c1ccc(COc2ccc(CCl)nc2)cc1. The molecule has 0 unspecified atom stereocenters. The van der Waals surface area contributed by atoms with Gasteiger partial charge in [-0.2, -0.15) is 0 Å². The van der Waals surface area contributed by atoms with Crippen LogP contribution in [-0.2, 0) is 17.9 Å². The van der Waals surface area contributed by atoms with Crippen LogP contribution in [0.2, 0.25) is 0 Å². The number of hydrogen-bond donors (Lipinski definition) is 0. The third kappa shape index (κ3) is 3.97. The summed E-state index contributed by atoms with van der Waals surface area (Å²) in [5, 5.41) is 0. The lowest BCUT2D eigenvalue weighted by Gasteiger charge is -2.19. The fraction of sp³-hybridized carbons (Fsp3) is 0.353. The first-order valence-electron chi connectivity index (χ1n) is 6.72. The summed E-state index contributed by atoms with van der Waals surface area (Å²) in [6, 6.07) is 12.3. The first-order valence-corrected chi connectivity index (χ1v) is 7.25. The maximum absolute atomic E-state index is 5.71. The summed E-state index contributed by atoms with van der Waals surface area (Å²) in [5.41, 5.74) is 3.52. The lowest BCUT2D eigenvalue weighted by atomic mass is 9.87. The molecule has 0 N–H and O–H groups in total. The van der Waals surface area contributed by atoms with Crippen molar-refractivity contribution in [3.8, 4) is 5.75 Å². The summed E-state index contributed by atoms with van der Waals surface area (Å²) in [4.78, 5) is 4.20. The molecule has 106 valence electrons. The number of aromatic nitrogens is 1. The number of rotatable bonds is 4. The predicted octanol–water partition coefficient (Wildman–Crippen LogP) is 4.70. The van der Waals surface area contributed by atoms with Crippen LogP contribution in [0.1, 0.15) is 37.6 Å². The zero-order valence-electron chi connectivity index (χ0n) is 12.2. The van der Waals surface area contributed by atoms with E-state index in [0.29, 0.717) is 12.5 Å². The Hall–Kier alpha value is -1.54. The average Bonchev–Trinajstić information content (AvgIpc) is 2.45. The monoisotopic (exact) mass is 289 g/mol. The van der Waals surface area contributed by atoms with Crippen LogP contribution < -0.4 is 4.74 Å². The maximum atomic E-state index is 5.71. The Kier molecular flexibility index (Phi) is 4.66. The molecule has 0 atom stereocenters. The zero-order chi connectivity index (χ0) is 14.6. The molecule has 0 radical (unpaired) electrons. The molecule has 1 aromatic heterocycles. The van der Waals surface area contributed by atoms with Crippen LogP contribution in [0.4, 0.5) is 0 Å². The van der Waals surface area contributed by atoms with Crippen molar-refractivity contribution in [3.05, 3.63) is 59.4 Å². The summed E-state index contributed by atoms with van der Waals surface area (Å²) >= 11 is 5.70. The van der Waals surface area contributed by atoms with Crippen LogP contribution in [-0.4, -0.2) is 4.98 Å². The van der Waals surface area contributed by atoms with E-state index in [0.717, 1.165) is 17.0 Å². The molecule has 0 fully saturated rings. The summed E-state index contributed by atoms with van der Waals surface area (Å²) in [7, 11) is 0. The van der Waals surface area contributed by atoms with Crippen molar-refractivity contribution in [3.63, 3.8) is 0 Å². The third-order valence-corrected chi connectivity index (χ3v) is 3.43. The van der Waals surface area contributed by atoms with Gasteiger partial charge < -0.3 is 4.74 Å². The molecule has 0 aliphatic carbocycles. The molecule has 2 nitrogen and oxygen atoms in total. The minimum Gasteiger partial charge on any atom is -0.487 e. The molecule has 0 aliphatic heterocycles. The second kappa shape index (κ2) is 6.27. The molecular weight excluding hydrogens is 270 g/mol. The predicted molar refractivity (Wildman–Crippen MR) is 83.3 cm³/mol. The first kappa shape index (κ1) is 14.9. The lowest BCUT2D eigenvalue weighted by molar-refractivity contribution is 0.305. The summed E-state index contributed by atoms with van der Waals surface area (Å²) in [6.45, 7) is 7.18. The van der Waals surface area contributed by atoms with Crippen LogP contribution in [0.25, 0.3) is 0 Å². The Morgan fingerprint density at radius 3 is 2.25 bits per heavy atom. The number of alkyl halides is 1. The molecule has 1 heterocycles. The van der Waals surface area contributed by atoms with Crippen molar-refractivity contribution in [2.45, 2.75) is 38.7 Å². The average molecular weight is 290 g/mol. The Bertz CT molecular complexity index is 541. The largest absolute Gasteiger partial charge is 0.487 e. The van der Waals surface area contributed by atoms with Gasteiger partial charge in [0.15, 0.2) is 0 Å². The molecule has 0 bridgehead atoms. The van der Waals surface area contributed by atoms with E-state index in [1.165, 1.54) is 5.56 Å². The molecule has 20 heavy (non-hydrogen) atoms. The van der Waals surface area contributed by atoms with Gasteiger partial charge in [0.1, 0.15) is 12.4 Å². The molecule has 0 saturated carbocycles. The van der Waals surface area contributed by atoms with Crippen LogP contribution in [0, 0.1) is 0 Å². The van der Waals surface area contributed by atoms with E-state index < -0.39 is 0 Å². The van der Waals surface area contributed by atoms with Crippen molar-refractivity contribution < 1.29 is 4.74 Å². The van der Waals surface area contributed by atoms with Gasteiger partial charge in [0.25, 0.3) is 0 Å². The van der Waals surface area contributed by atoms with Gasteiger partial charge in [-0.15, -0.1) is 11.6 Å². The van der Waals surface area contributed by atoms with Gasteiger partial charge in [-0.05, 0) is 28.7 Å². The van der Waals surface area contributed by atoms with E-state index in [2.05, 4.69) is 50.0 Å². The van der Waals surface area contributed by atoms with E-state index in [-0.39, 0.29) is 5.41 Å². The topological polar surface area (TPSA) is 22.1 Å². The highest BCUT2D eigenvalue weighted by Crippen LogP contribution is 2.22. The van der Waals surface area contributed by atoms with E-state index in [1.54, 1.807) is 6.20 Å². The van der Waals surface area contributed by atoms with E-state index >= 15 is 0 Å². The molecule has 2 rings (SSSR count). The van der Waals surface area contributed by atoms with Crippen LogP contribution in [0.3, 0.4) is 0 Å². The quantitative estimate of drug-likeness (QED) is 0.761. The Morgan fingerprint density at radius 2 is 1.75 bits per heavy atom. The fourth-order valence-electron chi connectivity index (χ4n) is 1.84. The van der Waals surface area contributed by atoms with Gasteiger partial charge in [0.2, 0.25) is 0 Å². The summed E-state index contributed by atoms with van der Waals surface area (Å²) in [6.07, 6.45) is 1.71. The molecule has 0 saturated heterocycles. The zero-order valence-corrected chi connectivity index (χ0v) is 12.9. The van der Waals surface area contributed by atoms with Crippen LogP contribution >= 0.6 is 11.6 Å². The Morgan fingerprint density at radius 1 is 1.05 bits per heavy atom. The highest BCUT2D eigenvalue weighted by Gasteiger charge is 2.12. The molecule has 2 aromatic rings. The van der Waals surface area contributed by atoms with Gasteiger partial charge in [-0.3, -0.25) is 4.98 Å². The van der Waals surface area contributed by atoms with Gasteiger partial charge in [-0.25, -0.2) is 0 Å². The standard InChI is InChI=1S/C17H20ClNO/c1-17(2,3)14-6-4-13(5-7-14)12-20-16-9-8-15(10-18)19-11-16/h4-9,11H,10,12H2,1-3H3. The third-order valence-electron chi connectivity index (χ3n) is 3.16. The molecule has 0 spiro atoms. The van der Waals surface area contributed by atoms with E-state index in [4.69, 9.17) is 16.3 Å². The van der Waals surface area contributed by atoms with Crippen molar-refractivity contribution in [1.29, 1.82) is 0 Å².